The van der Waals surface area contributed by atoms with Gasteiger partial charge in [0, 0.05) is 18.3 Å². The first-order valence-electron chi connectivity index (χ1n) is 9.33. The minimum Gasteiger partial charge on any atom is -0.506 e. The first kappa shape index (κ1) is 19.1. The van der Waals surface area contributed by atoms with Crippen LogP contribution in [0.4, 0.5) is 5.69 Å². The number of carbonyl (C=O) groups excluding carboxylic acids is 1. The number of aromatic hydroxyl groups is 1. The van der Waals surface area contributed by atoms with Crippen molar-refractivity contribution in [3.8, 4) is 5.75 Å². The largest absolute Gasteiger partial charge is 0.506 e. The van der Waals surface area contributed by atoms with Gasteiger partial charge in [0.25, 0.3) is 5.91 Å². The van der Waals surface area contributed by atoms with Crippen molar-refractivity contribution in [1.29, 1.82) is 0 Å². The summed E-state index contributed by atoms with van der Waals surface area (Å²) in [7, 11) is 0. The lowest BCUT2D eigenvalue weighted by atomic mass is 10.1. The highest BCUT2D eigenvalue weighted by Gasteiger charge is 2.11. The monoisotopic (exact) mass is 398 g/mol. The van der Waals surface area contributed by atoms with Crippen LogP contribution in [0.25, 0.3) is 11.0 Å². The smallest absolute Gasteiger partial charge is 0.348 e. The van der Waals surface area contributed by atoms with E-state index < -0.39 is 5.63 Å². The number of aliphatic imine (C=N–C) groups is 1. The van der Waals surface area contributed by atoms with Crippen molar-refractivity contribution in [3.05, 3.63) is 106 Å². The van der Waals surface area contributed by atoms with Gasteiger partial charge < -0.3 is 14.8 Å². The second-order valence-electron chi connectivity index (χ2n) is 6.62. The van der Waals surface area contributed by atoms with Gasteiger partial charge in [-0.25, -0.2) is 4.79 Å². The Bertz CT molecular complexity index is 1280. The molecule has 6 heteroatoms. The van der Waals surface area contributed by atoms with Gasteiger partial charge in [-0.2, -0.15) is 0 Å². The molecule has 1 aromatic heterocycles. The van der Waals surface area contributed by atoms with E-state index in [4.69, 9.17) is 4.42 Å². The average molecular weight is 398 g/mol. The lowest BCUT2D eigenvalue weighted by Gasteiger charge is -2.05. The predicted octanol–water partition coefficient (Wildman–Crippen LogP) is 4.18. The van der Waals surface area contributed by atoms with Crippen molar-refractivity contribution >= 4 is 28.8 Å². The summed E-state index contributed by atoms with van der Waals surface area (Å²) in [6.45, 7) is 0.441. The van der Waals surface area contributed by atoms with Crippen LogP contribution in [0, 0.1) is 0 Å². The first-order valence-corrected chi connectivity index (χ1v) is 9.33. The summed E-state index contributed by atoms with van der Waals surface area (Å²) in [5.41, 5.74) is 1.65. The quantitative estimate of drug-likeness (QED) is 0.390. The van der Waals surface area contributed by atoms with Crippen LogP contribution in [0.15, 0.2) is 93.1 Å². The van der Waals surface area contributed by atoms with Crippen molar-refractivity contribution in [1.82, 2.24) is 5.32 Å². The number of nitrogens with zero attached hydrogens (tertiary/aromatic N) is 1. The average Bonchev–Trinajstić information content (AvgIpc) is 2.78. The molecule has 1 amide bonds. The maximum atomic E-state index is 12.3. The zero-order valence-electron chi connectivity index (χ0n) is 15.9. The molecule has 2 N–H and O–H groups in total. The van der Waals surface area contributed by atoms with Crippen molar-refractivity contribution in [2.45, 2.75) is 6.54 Å². The summed E-state index contributed by atoms with van der Waals surface area (Å²) in [5.74, 6) is -0.371. The van der Waals surface area contributed by atoms with E-state index in [-0.39, 0.29) is 17.2 Å². The van der Waals surface area contributed by atoms with E-state index in [0.717, 1.165) is 5.56 Å². The molecule has 1 heterocycles. The summed E-state index contributed by atoms with van der Waals surface area (Å²) in [6.07, 6.45) is 1.26. The SMILES string of the molecule is O=C(NCc1ccccc1)c1ccc(N=Cc2c(O)c3ccccc3oc2=O)cc1. The molecule has 4 aromatic rings. The number of carbonyl (C=O) groups is 1. The van der Waals surface area contributed by atoms with E-state index in [1.807, 2.05) is 30.3 Å². The van der Waals surface area contributed by atoms with E-state index >= 15 is 0 Å². The van der Waals surface area contributed by atoms with E-state index in [2.05, 4.69) is 10.3 Å². The van der Waals surface area contributed by atoms with Crippen LogP contribution < -0.4 is 10.9 Å². The summed E-state index contributed by atoms with van der Waals surface area (Å²) in [5, 5.41) is 13.7. The van der Waals surface area contributed by atoms with Crippen molar-refractivity contribution < 1.29 is 14.3 Å². The zero-order valence-corrected chi connectivity index (χ0v) is 15.9. The molecular weight excluding hydrogens is 380 g/mol. The van der Waals surface area contributed by atoms with Gasteiger partial charge in [-0.3, -0.25) is 9.79 Å². The number of hydrogen-bond acceptors (Lipinski definition) is 5. The molecule has 3 aromatic carbocycles. The summed E-state index contributed by atoms with van der Waals surface area (Å²) < 4.78 is 5.22. The Morgan fingerprint density at radius 3 is 2.43 bits per heavy atom. The molecule has 0 aliphatic heterocycles. The van der Waals surface area contributed by atoms with Gasteiger partial charge in [-0.15, -0.1) is 0 Å². The molecule has 0 fully saturated rings. The highest BCUT2D eigenvalue weighted by atomic mass is 16.4. The van der Waals surface area contributed by atoms with E-state index in [9.17, 15) is 14.7 Å². The molecule has 4 rings (SSSR count). The maximum absolute atomic E-state index is 12.3. The minimum absolute atomic E-state index is 0.0293. The fourth-order valence-corrected chi connectivity index (χ4v) is 2.98. The Kier molecular flexibility index (Phi) is 5.39. The molecule has 0 saturated carbocycles. The topological polar surface area (TPSA) is 91.9 Å². The molecule has 30 heavy (non-hydrogen) atoms. The van der Waals surface area contributed by atoms with Gasteiger partial charge in [-0.1, -0.05) is 42.5 Å². The Balaban J connectivity index is 1.48. The zero-order chi connectivity index (χ0) is 20.9. The van der Waals surface area contributed by atoms with Crippen LogP contribution in [0.5, 0.6) is 5.75 Å². The normalized spacial score (nSPS) is 11.1. The summed E-state index contributed by atoms with van der Waals surface area (Å²) in [4.78, 5) is 28.6. The lowest BCUT2D eigenvalue weighted by molar-refractivity contribution is 0.0951. The number of amides is 1. The molecule has 0 radical (unpaired) electrons. The third-order valence-corrected chi connectivity index (χ3v) is 4.59. The van der Waals surface area contributed by atoms with Crippen LogP contribution in [0.3, 0.4) is 0 Å². The first-order chi connectivity index (χ1) is 14.6. The van der Waals surface area contributed by atoms with Crippen molar-refractivity contribution in [2.75, 3.05) is 0 Å². The number of fused-ring (bicyclic) bond motifs is 1. The van der Waals surface area contributed by atoms with Gasteiger partial charge in [-0.05, 0) is 42.0 Å². The Morgan fingerprint density at radius 1 is 0.967 bits per heavy atom. The van der Waals surface area contributed by atoms with Crippen LogP contribution >= 0.6 is 0 Å². The molecular formula is C24H18N2O4. The number of benzene rings is 3. The van der Waals surface area contributed by atoms with Gasteiger partial charge in [0.15, 0.2) is 0 Å². The fraction of sp³-hybridized carbons (Fsp3) is 0.0417. The summed E-state index contributed by atoms with van der Waals surface area (Å²) >= 11 is 0. The third-order valence-electron chi connectivity index (χ3n) is 4.59. The second kappa shape index (κ2) is 8.45. The van der Waals surface area contributed by atoms with Crippen LogP contribution in [0.1, 0.15) is 21.5 Å². The molecule has 0 atom stereocenters. The highest BCUT2D eigenvalue weighted by molar-refractivity contribution is 5.95. The predicted molar refractivity (Wildman–Crippen MR) is 115 cm³/mol. The van der Waals surface area contributed by atoms with Crippen molar-refractivity contribution in [3.63, 3.8) is 0 Å². The highest BCUT2D eigenvalue weighted by Crippen LogP contribution is 2.25. The van der Waals surface area contributed by atoms with Gasteiger partial charge in [0.2, 0.25) is 0 Å². The molecule has 148 valence electrons. The lowest BCUT2D eigenvalue weighted by Crippen LogP contribution is -2.22. The molecule has 0 unspecified atom stereocenters. The Morgan fingerprint density at radius 2 is 1.67 bits per heavy atom. The maximum Gasteiger partial charge on any atom is 0.348 e. The molecule has 0 spiro atoms. The van der Waals surface area contributed by atoms with Crippen LogP contribution in [-0.2, 0) is 6.54 Å². The van der Waals surface area contributed by atoms with E-state index in [1.165, 1.54) is 6.21 Å². The van der Waals surface area contributed by atoms with Gasteiger partial charge >= 0.3 is 5.63 Å². The molecule has 0 bridgehead atoms. The Hall–Kier alpha value is -4.19. The van der Waals surface area contributed by atoms with Crippen molar-refractivity contribution in [2.24, 2.45) is 4.99 Å². The number of rotatable bonds is 5. The standard InChI is InChI=1S/C24H18N2O4/c27-22-19-8-4-5-9-21(19)30-24(29)20(22)15-25-18-12-10-17(11-13-18)23(28)26-14-16-6-2-1-3-7-16/h1-13,15,27H,14H2,(H,26,28). The number of hydrogen-bond donors (Lipinski definition) is 2. The van der Waals surface area contributed by atoms with Crippen LogP contribution in [-0.4, -0.2) is 17.2 Å². The second-order valence-corrected chi connectivity index (χ2v) is 6.62. The number of nitrogens with one attached hydrogen (secondary N) is 1. The van der Waals surface area contributed by atoms with Crippen LogP contribution in [0.2, 0.25) is 0 Å². The Labute approximate surface area is 172 Å². The summed E-state index contributed by atoms with van der Waals surface area (Å²) in [6, 6.07) is 23.0. The molecule has 6 nitrogen and oxygen atoms in total. The van der Waals surface area contributed by atoms with E-state index in [1.54, 1.807) is 48.5 Å². The minimum atomic E-state index is -0.674. The molecule has 0 saturated heterocycles. The third kappa shape index (κ3) is 4.12. The van der Waals surface area contributed by atoms with E-state index in [0.29, 0.717) is 28.8 Å². The van der Waals surface area contributed by atoms with Gasteiger partial charge in [0.05, 0.1) is 11.1 Å². The molecule has 0 aliphatic rings. The molecule has 0 aliphatic carbocycles. The fourth-order valence-electron chi connectivity index (χ4n) is 2.98. The number of para-hydroxylation sites is 1. The van der Waals surface area contributed by atoms with Gasteiger partial charge in [0.1, 0.15) is 16.9 Å².